The maximum Gasteiger partial charge on any atom is 0.416 e. The highest BCUT2D eigenvalue weighted by molar-refractivity contribution is 6.69. The Hall–Kier alpha value is -2.00. The minimum Gasteiger partial charge on any atom is -0.319 e. The van der Waals surface area contributed by atoms with Crippen molar-refractivity contribution in [2.24, 2.45) is 0 Å². The van der Waals surface area contributed by atoms with Gasteiger partial charge in [0.15, 0.2) is 6.04 Å². The van der Waals surface area contributed by atoms with Crippen LogP contribution in [0.5, 0.6) is 0 Å². The number of hydroxylamine groups is 1. The molecule has 2 rings (SSSR count). The van der Waals surface area contributed by atoms with Gasteiger partial charge in [0.2, 0.25) is 8.32 Å². The lowest BCUT2D eigenvalue weighted by Crippen LogP contribution is -2.45. The van der Waals surface area contributed by atoms with Crippen LogP contribution in [0.15, 0.2) is 54.6 Å². The monoisotopic (exact) mass is 407 g/mol. The number of anilines is 1. The quantitative estimate of drug-likeness (QED) is 0.315. The summed E-state index contributed by atoms with van der Waals surface area (Å²) in [6.07, 6.45) is -9.28. The van der Waals surface area contributed by atoms with E-state index in [2.05, 4.69) is 0 Å². The number of hydrogen-bond acceptors (Lipinski definition) is 2. The van der Waals surface area contributed by atoms with E-state index in [1.807, 2.05) is 0 Å². The van der Waals surface area contributed by atoms with Crippen LogP contribution in [-0.4, -0.2) is 14.5 Å². The number of rotatable bonds is 5. The van der Waals surface area contributed by atoms with Gasteiger partial charge in [-0.3, -0.25) is 0 Å². The molecule has 148 valence electrons. The summed E-state index contributed by atoms with van der Waals surface area (Å²) in [5.74, 6) is 0. The van der Waals surface area contributed by atoms with Crippen molar-refractivity contribution in [3.63, 3.8) is 0 Å². The van der Waals surface area contributed by atoms with E-state index in [0.717, 1.165) is 24.3 Å². The fourth-order valence-electron chi connectivity index (χ4n) is 2.44. The Morgan fingerprint density at radius 1 is 0.815 bits per heavy atom. The van der Waals surface area contributed by atoms with Gasteiger partial charge in [-0.25, -0.2) is 5.06 Å². The molecule has 0 saturated heterocycles. The second-order valence-electron chi connectivity index (χ2n) is 6.93. The van der Waals surface area contributed by atoms with E-state index in [1.165, 1.54) is 24.3 Å². The zero-order chi connectivity index (χ0) is 20.5. The van der Waals surface area contributed by atoms with Crippen molar-refractivity contribution < 1.29 is 30.9 Å². The average Bonchev–Trinajstić information content (AvgIpc) is 2.52. The Morgan fingerprint density at radius 2 is 1.33 bits per heavy atom. The minimum absolute atomic E-state index is 0.0665. The highest BCUT2D eigenvalue weighted by Gasteiger charge is 2.47. The Balaban J connectivity index is 2.55. The Labute approximate surface area is 154 Å². The Morgan fingerprint density at radius 3 is 1.74 bits per heavy atom. The standard InChI is InChI=1S/C18H19F6NOSi/c1-27(2,3)26-25(15-11-9-14(10-12-15)17(19,20)21)16(18(22,23)24)13-7-5-4-6-8-13/h4-12,16H,1-3H3. The van der Waals surface area contributed by atoms with Crippen molar-refractivity contribution in [1.82, 2.24) is 0 Å². The predicted octanol–water partition coefficient (Wildman–Crippen LogP) is 6.58. The molecule has 0 saturated carbocycles. The zero-order valence-corrected chi connectivity index (χ0v) is 15.9. The van der Waals surface area contributed by atoms with Gasteiger partial charge < -0.3 is 4.53 Å². The van der Waals surface area contributed by atoms with Gasteiger partial charge in [0.05, 0.1) is 11.3 Å². The van der Waals surface area contributed by atoms with Crippen LogP contribution in [-0.2, 0) is 10.7 Å². The molecule has 9 heteroatoms. The van der Waals surface area contributed by atoms with E-state index < -0.39 is 32.3 Å². The molecule has 0 aliphatic heterocycles. The predicted molar refractivity (Wildman–Crippen MR) is 93.6 cm³/mol. The Bertz CT molecular complexity index is 738. The normalized spacial score (nSPS) is 14.1. The van der Waals surface area contributed by atoms with Gasteiger partial charge in [-0.05, 0) is 49.5 Å². The molecule has 0 aromatic heterocycles. The molecule has 0 aliphatic rings. The van der Waals surface area contributed by atoms with Gasteiger partial charge in [-0.1, -0.05) is 30.3 Å². The zero-order valence-electron chi connectivity index (χ0n) is 14.9. The van der Waals surface area contributed by atoms with E-state index in [1.54, 1.807) is 25.7 Å². The Kier molecular flexibility index (Phi) is 5.96. The van der Waals surface area contributed by atoms with Crippen LogP contribution in [0.25, 0.3) is 0 Å². The van der Waals surface area contributed by atoms with E-state index in [-0.39, 0.29) is 11.3 Å². The molecule has 0 N–H and O–H groups in total. The highest BCUT2D eigenvalue weighted by Crippen LogP contribution is 2.42. The summed E-state index contributed by atoms with van der Waals surface area (Å²) in [6.45, 7) is 5.09. The van der Waals surface area contributed by atoms with Gasteiger partial charge in [0.25, 0.3) is 0 Å². The lowest BCUT2D eigenvalue weighted by atomic mass is 10.1. The number of benzene rings is 2. The largest absolute Gasteiger partial charge is 0.416 e. The molecule has 0 aliphatic carbocycles. The summed E-state index contributed by atoms with van der Waals surface area (Å²) in [5.41, 5.74) is -1.11. The van der Waals surface area contributed by atoms with Gasteiger partial charge in [0.1, 0.15) is 0 Å². The fourth-order valence-corrected chi connectivity index (χ4v) is 3.24. The number of hydrogen-bond donors (Lipinski definition) is 0. The topological polar surface area (TPSA) is 12.5 Å². The fraction of sp³-hybridized carbons (Fsp3) is 0.333. The second-order valence-corrected chi connectivity index (χ2v) is 11.3. The van der Waals surface area contributed by atoms with E-state index in [9.17, 15) is 26.3 Å². The maximum atomic E-state index is 13.9. The molecule has 0 fully saturated rings. The molecule has 27 heavy (non-hydrogen) atoms. The van der Waals surface area contributed by atoms with Crippen LogP contribution in [0.1, 0.15) is 17.2 Å². The minimum atomic E-state index is -4.70. The summed E-state index contributed by atoms with van der Waals surface area (Å²) >= 11 is 0. The third-order valence-electron chi connectivity index (χ3n) is 3.48. The molecular formula is C18H19F6NOSi. The molecule has 1 unspecified atom stereocenters. The molecule has 0 spiro atoms. The van der Waals surface area contributed by atoms with Crippen molar-refractivity contribution in [2.45, 2.75) is 38.0 Å². The summed E-state index contributed by atoms with van der Waals surface area (Å²) < 4.78 is 85.7. The molecule has 0 heterocycles. The first kappa shape index (κ1) is 21.3. The van der Waals surface area contributed by atoms with Crippen molar-refractivity contribution in [3.8, 4) is 0 Å². The SMILES string of the molecule is C[Si](C)(C)ON(c1ccc(C(F)(F)F)cc1)C(c1ccccc1)C(F)(F)F. The van der Waals surface area contributed by atoms with Crippen LogP contribution >= 0.6 is 0 Å². The first-order valence-corrected chi connectivity index (χ1v) is 11.5. The van der Waals surface area contributed by atoms with Gasteiger partial charge in [-0.2, -0.15) is 26.3 Å². The smallest absolute Gasteiger partial charge is 0.319 e. The number of alkyl halides is 6. The lowest BCUT2D eigenvalue weighted by molar-refractivity contribution is -0.161. The third kappa shape index (κ3) is 5.73. The van der Waals surface area contributed by atoms with Crippen molar-refractivity contribution in [3.05, 3.63) is 65.7 Å². The first-order valence-electron chi connectivity index (χ1n) is 8.06. The van der Waals surface area contributed by atoms with Gasteiger partial charge >= 0.3 is 12.4 Å². The summed E-state index contributed by atoms with van der Waals surface area (Å²) in [4.78, 5) is 0. The molecule has 2 nitrogen and oxygen atoms in total. The van der Waals surface area contributed by atoms with E-state index in [4.69, 9.17) is 4.53 Å². The van der Waals surface area contributed by atoms with Crippen LogP contribution < -0.4 is 5.06 Å². The van der Waals surface area contributed by atoms with Crippen molar-refractivity contribution in [1.29, 1.82) is 0 Å². The number of halogens is 6. The molecule has 1 atom stereocenters. The molecule has 2 aromatic carbocycles. The summed E-state index contributed by atoms with van der Waals surface area (Å²) in [5, 5.41) is 0.682. The molecule has 0 bridgehead atoms. The first-order chi connectivity index (χ1) is 12.3. The van der Waals surface area contributed by atoms with Crippen LogP contribution in [0.3, 0.4) is 0 Å². The van der Waals surface area contributed by atoms with E-state index >= 15 is 0 Å². The maximum absolute atomic E-state index is 13.9. The average molecular weight is 407 g/mol. The molecular weight excluding hydrogens is 388 g/mol. The number of nitrogens with zero attached hydrogens (tertiary/aromatic N) is 1. The van der Waals surface area contributed by atoms with Crippen molar-refractivity contribution in [2.75, 3.05) is 5.06 Å². The lowest BCUT2D eigenvalue weighted by Gasteiger charge is -2.38. The molecule has 0 radical (unpaired) electrons. The van der Waals surface area contributed by atoms with Crippen LogP contribution in [0.2, 0.25) is 19.6 Å². The van der Waals surface area contributed by atoms with Crippen LogP contribution in [0.4, 0.5) is 32.0 Å². The van der Waals surface area contributed by atoms with Gasteiger partial charge in [-0.15, -0.1) is 0 Å². The summed E-state index contributed by atoms with van der Waals surface area (Å²) in [7, 11) is -2.52. The second kappa shape index (κ2) is 7.55. The summed E-state index contributed by atoms with van der Waals surface area (Å²) in [6, 6.07) is 8.45. The highest BCUT2D eigenvalue weighted by atomic mass is 28.4. The molecule has 2 aromatic rings. The van der Waals surface area contributed by atoms with Crippen molar-refractivity contribution >= 4 is 14.0 Å². The van der Waals surface area contributed by atoms with E-state index in [0.29, 0.717) is 5.06 Å². The third-order valence-corrected chi connectivity index (χ3v) is 4.23. The van der Waals surface area contributed by atoms with Crippen LogP contribution in [0, 0.1) is 0 Å². The van der Waals surface area contributed by atoms with Gasteiger partial charge in [0, 0.05) is 0 Å². The molecule has 0 amide bonds.